The summed E-state index contributed by atoms with van der Waals surface area (Å²) in [6.07, 6.45) is 0. The van der Waals surface area contributed by atoms with E-state index in [1.54, 1.807) is 12.1 Å². The zero-order valence-electron chi connectivity index (χ0n) is 16.3. The van der Waals surface area contributed by atoms with Crippen molar-refractivity contribution < 1.29 is 5.11 Å². The van der Waals surface area contributed by atoms with Crippen LogP contribution in [0.2, 0.25) is 0 Å². The second kappa shape index (κ2) is 5.46. The number of hydrogen-bond donors (Lipinski definition) is 1. The fourth-order valence-corrected chi connectivity index (χ4v) is 5.39. The third-order valence-electron chi connectivity index (χ3n) is 6.61. The zero-order chi connectivity index (χ0) is 20.9. The third-order valence-corrected chi connectivity index (χ3v) is 6.61. The molecule has 0 aliphatic rings. The highest BCUT2D eigenvalue weighted by Crippen LogP contribution is 2.43. The average molecular weight is 398 g/mol. The first-order valence-corrected chi connectivity index (χ1v) is 10.2. The van der Waals surface area contributed by atoms with E-state index in [9.17, 15) is 14.7 Å². The Bertz CT molecular complexity index is 1990. The maximum atomic E-state index is 13.4. The van der Waals surface area contributed by atoms with E-state index in [0.717, 1.165) is 43.1 Å². The molecule has 0 atom stereocenters. The zero-order valence-corrected chi connectivity index (χ0v) is 16.3. The van der Waals surface area contributed by atoms with Gasteiger partial charge >= 0.3 is 0 Å². The molecule has 0 fully saturated rings. The Morgan fingerprint density at radius 1 is 0.419 bits per heavy atom. The smallest absolute Gasteiger partial charge is 0.194 e. The van der Waals surface area contributed by atoms with Gasteiger partial charge in [0.1, 0.15) is 5.75 Å². The summed E-state index contributed by atoms with van der Waals surface area (Å²) >= 11 is 0. The second-order valence-electron chi connectivity index (χ2n) is 8.14. The van der Waals surface area contributed by atoms with Crippen molar-refractivity contribution in [1.29, 1.82) is 0 Å². The van der Waals surface area contributed by atoms with E-state index in [1.807, 2.05) is 60.7 Å². The van der Waals surface area contributed by atoms with Gasteiger partial charge in [-0.1, -0.05) is 60.7 Å². The summed E-state index contributed by atoms with van der Waals surface area (Å²) in [6, 6.07) is 24.3. The Kier molecular flexibility index (Phi) is 2.92. The van der Waals surface area contributed by atoms with E-state index in [2.05, 4.69) is 0 Å². The summed E-state index contributed by atoms with van der Waals surface area (Å²) in [6.45, 7) is 0. The van der Waals surface area contributed by atoms with Crippen LogP contribution in [0.5, 0.6) is 5.75 Å². The molecule has 7 rings (SSSR count). The molecule has 0 amide bonds. The summed E-state index contributed by atoms with van der Waals surface area (Å²) in [5.41, 5.74) is -0.0684. The molecule has 7 aromatic rings. The van der Waals surface area contributed by atoms with Crippen LogP contribution >= 0.6 is 0 Å². The predicted molar refractivity (Wildman–Crippen MR) is 128 cm³/mol. The molecule has 0 heterocycles. The number of rotatable bonds is 0. The molecule has 31 heavy (non-hydrogen) atoms. The second-order valence-corrected chi connectivity index (χ2v) is 8.14. The molecule has 0 radical (unpaired) electrons. The summed E-state index contributed by atoms with van der Waals surface area (Å²) in [5, 5.41) is 20.0. The van der Waals surface area contributed by atoms with E-state index in [0.29, 0.717) is 21.5 Å². The van der Waals surface area contributed by atoms with Crippen LogP contribution in [0.1, 0.15) is 0 Å². The monoisotopic (exact) mass is 398 g/mol. The number of phenolic OH excluding ortho intramolecular Hbond substituents is 1. The lowest BCUT2D eigenvalue weighted by atomic mass is 9.85. The third kappa shape index (κ3) is 1.89. The van der Waals surface area contributed by atoms with Crippen molar-refractivity contribution in [1.82, 2.24) is 0 Å². The lowest BCUT2D eigenvalue weighted by molar-refractivity contribution is 0.476. The van der Waals surface area contributed by atoms with Gasteiger partial charge in [0.05, 0.1) is 0 Å². The molecule has 144 valence electrons. The highest BCUT2D eigenvalue weighted by molar-refractivity contribution is 6.41. The minimum absolute atomic E-state index is 0.0224. The van der Waals surface area contributed by atoms with Gasteiger partial charge < -0.3 is 5.11 Å². The average Bonchev–Trinajstić information content (AvgIpc) is 2.80. The summed E-state index contributed by atoms with van der Waals surface area (Å²) in [5.74, 6) is 0.0644. The van der Waals surface area contributed by atoms with Crippen molar-refractivity contribution in [3.63, 3.8) is 0 Å². The standard InChI is InChI=1S/C28H14O3/c29-14-11-12-16-22(13-14)28(31)21-10-4-7-18-23-15-5-1-2-6-17(15)27(30)20-9-3-8-19(25(20)23)24(16)26(18)21/h1-13,29H. The molecule has 0 aliphatic carbocycles. The lowest BCUT2D eigenvalue weighted by Crippen LogP contribution is -2.06. The van der Waals surface area contributed by atoms with E-state index in [-0.39, 0.29) is 16.6 Å². The van der Waals surface area contributed by atoms with Crippen molar-refractivity contribution in [2.24, 2.45) is 0 Å². The molecule has 7 aromatic carbocycles. The summed E-state index contributed by atoms with van der Waals surface area (Å²) in [4.78, 5) is 26.8. The minimum atomic E-state index is -0.0909. The van der Waals surface area contributed by atoms with Crippen molar-refractivity contribution in [2.45, 2.75) is 0 Å². The SMILES string of the molecule is O=c1c2ccccc2c2c3cccc4c(=O)c5cc(O)ccc5c(c5cccc1c52)c43. The van der Waals surface area contributed by atoms with Gasteiger partial charge in [-0.15, -0.1) is 0 Å². The van der Waals surface area contributed by atoms with Gasteiger partial charge in [0, 0.05) is 32.3 Å². The molecule has 1 N–H and O–H groups in total. The fraction of sp³-hybridized carbons (Fsp3) is 0. The number of aromatic hydroxyl groups is 1. The van der Waals surface area contributed by atoms with Gasteiger partial charge in [-0.2, -0.15) is 0 Å². The highest BCUT2D eigenvalue weighted by atomic mass is 16.3. The molecule has 0 saturated carbocycles. The molecule has 0 bridgehead atoms. The van der Waals surface area contributed by atoms with Gasteiger partial charge in [0.25, 0.3) is 0 Å². The van der Waals surface area contributed by atoms with Crippen LogP contribution in [0, 0.1) is 0 Å². The number of fused-ring (bicyclic) bond motifs is 6. The molecule has 0 unspecified atom stereocenters. The molecule has 0 saturated heterocycles. The van der Waals surface area contributed by atoms with Crippen LogP contribution in [-0.4, -0.2) is 5.11 Å². The Hall–Kier alpha value is -4.24. The molecule has 0 aliphatic heterocycles. The van der Waals surface area contributed by atoms with Crippen molar-refractivity contribution in [3.05, 3.63) is 99.3 Å². The van der Waals surface area contributed by atoms with E-state index in [1.165, 1.54) is 6.07 Å². The van der Waals surface area contributed by atoms with Crippen LogP contribution in [-0.2, 0) is 0 Å². The van der Waals surface area contributed by atoms with Crippen LogP contribution in [0.3, 0.4) is 0 Å². The Morgan fingerprint density at radius 2 is 0.871 bits per heavy atom. The number of hydrogen-bond acceptors (Lipinski definition) is 3. The molecular formula is C28H14O3. The van der Waals surface area contributed by atoms with Crippen molar-refractivity contribution in [3.8, 4) is 5.75 Å². The highest BCUT2D eigenvalue weighted by Gasteiger charge is 2.20. The summed E-state index contributed by atoms with van der Waals surface area (Å²) in [7, 11) is 0. The molecule has 0 spiro atoms. The molecule has 3 heteroatoms. The first-order valence-electron chi connectivity index (χ1n) is 10.2. The topological polar surface area (TPSA) is 54.4 Å². The fourth-order valence-electron chi connectivity index (χ4n) is 5.39. The maximum absolute atomic E-state index is 13.4. The summed E-state index contributed by atoms with van der Waals surface area (Å²) < 4.78 is 0. The largest absolute Gasteiger partial charge is 0.508 e. The van der Waals surface area contributed by atoms with Crippen LogP contribution in [0.15, 0.2) is 88.5 Å². The van der Waals surface area contributed by atoms with Gasteiger partial charge in [-0.3, -0.25) is 9.59 Å². The van der Waals surface area contributed by atoms with Gasteiger partial charge in [-0.05, 0) is 50.5 Å². The molecular weight excluding hydrogens is 384 g/mol. The lowest BCUT2D eigenvalue weighted by Gasteiger charge is -2.17. The van der Waals surface area contributed by atoms with Gasteiger partial charge in [0.2, 0.25) is 0 Å². The minimum Gasteiger partial charge on any atom is -0.508 e. The van der Waals surface area contributed by atoms with E-state index in [4.69, 9.17) is 0 Å². The van der Waals surface area contributed by atoms with Crippen molar-refractivity contribution >= 4 is 64.6 Å². The maximum Gasteiger partial charge on any atom is 0.194 e. The van der Waals surface area contributed by atoms with Gasteiger partial charge in [0.15, 0.2) is 10.9 Å². The van der Waals surface area contributed by atoms with Crippen LogP contribution in [0.25, 0.3) is 64.6 Å². The molecule has 3 nitrogen and oxygen atoms in total. The molecule has 0 aromatic heterocycles. The first kappa shape index (κ1) is 16.5. The number of benzene rings is 7. The Labute approximate surface area is 175 Å². The predicted octanol–water partition coefficient (Wildman–Crippen LogP) is 5.91. The Morgan fingerprint density at radius 3 is 1.52 bits per heavy atom. The van der Waals surface area contributed by atoms with Crippen molar-refractivity contribution in [2.75, 3.05) is 0 Å². The van der Waals surface area contributed by atoms with Crippen LogP contribution < -0.4 is 10.9 Å². The first-order chi connectivity index (χ1) is 15.1. The normalized spacial score (nSPS) is 12.3. The van der Waals surface area contributed by atoms with Gasteiger partial charge in [-0.25, -0.2) is 0 Å². The number of phenols is 1. The van der Waals surface area contributed by atoms with E-state index < -0.39 is 0 Å². The quantitative estimate of drug-likeness (QED) is 0.255. The van der Waals surface area contributed by atoms with E-state index >= 15 is 0 Å². The Balaban J connectivity index is 2.00. The van der Waals surface area contributed by atoms with Crippen LogP contribution in [0.4, 0.5) is 0 Å².